The van der Waals surface area contributed by atoms with Gasteiger partial charge in [-0.3, -0.25) is 0 Å². The molecule has 0 spiro atoms. The predicted molar refractivity (Wildman–Crippen MR) is 183 cm³/mol. The van der Waals surface area contributed by atoms with Gasteiger partial charge in [-0.1, -0.05) is 139 Å². The molecule has 0 amide bonds. The lowest BCUT2D eigenvalue weighted by Gasteiger charge is -2.18. The van der Waals surface area contributed by atoms with E-state index in [4.69, 9.17) is 9.90 Å². The van der Waals surface area contributed by atoms with Crippen molar-refractivity contribution < 1.29 is 15.4 Å². The molecule has 43 heavy (non-hydrogen) atoms. The Morgan fingerprint density at radius 3 is 1.84 bits per heavy atom. The van der Waals surface area contributed by atoms with Crippen LogP contribution in [0, 0.1) is 0 Å². The average molecular weight is 555 g/mol. The Kier molecular flexibility index (Phi) is 3.80. The number of fused-ring (bicyclic) bond motifs is 7. The van der Waals surface area contributed by atoms with E-state index in [1.807, 2.05) is 103 Å². The first-order valence-electron chi connectivity index (χ1n) is 18.1. The molecule has 0 bridgehead atoms. The number of hydrogen-bond acceptors (Lipinski definition) is 1. The van der Waals surface area contributed by atoms with E-state index < -0.39 is 24.2 Å². The van der Waals surface area contributed by atoms with Gasteiger partial charge in [0, 0.05) is 16.2 Å². The first-order valence-corrected chi connectivity index (χ1v) is 14.1. The monoisotopic (exact) mass is 554 g/mol. The molecule has 8 aromatic carbocycles. The highest BCUT2D eigenvalue weighted by Crippen LogP contribution is 2.47. The highest BCUT2D eigenvalue weighted by atomic mass is 16.3. The van der Waals surface area contributed by atoms with Gasteiger partial charge in [-0.25, -0.2) is 0 Å². The van der Waals surface area contributed by atoms with Gasteiger partial charge in [-0.05, 0) is 78.5 Å². The van der Waals surface area contributed by atoms with Crippen molar-refractivity contribution in [2.24, 2.45) is 0 Å². The van der Waals surface area contributed by atoms with Gasteiger partial charge in [0.2, 0.25) is 0 Å². The Labute approximate surface area is 260 Å². The van der Waals surface area contributed by atoms with E-state index in [0.717, 1.165) is 27.3 Å². The third-order valence-corrected chi connectivity index (χ3v) is 8.29. The van der Waals surface area contributed by atoms with Gasteiger partial charge in [0.05, 0.1) is 11.0 Å². The van der Waals surface area contributed by atoms with E-state index in [1.54, 1.807) is 6.07 Å². The summed E-state index contributed by atoms with van der Waals surface area (Å²) in [6.07, 6.45) is 0. The fourth-order valence-electron chi connectivity index (χ4n) is 6.43. The second kappa shape index (κ2) is 9.44. The summed E-state index contributed by atoms with van der Waals surface area (Å²) in [5.74, 6) is 0. The zero-order valence-electron chi connectivity index (χ0n) is 30.8. The zero-order chi connectivity index (χ0) is 35.3. The summed E-state index contributed by atoms with van der Waals surface area (Å²) >= 11 is 0. The molecule has 0 radical (unpaired) electrons. The third-order valence-electron chi connectivity index (χ3n) is 8.29. The van der Waals surface area contributed by atoms with Crippen molar-refractivity contribution in [3.63, 3.8) is 0 Å². The van der Waals surface area contributed by atoms with Gasteiger partial charge >= 0.3 is 0 Å². The topological polar surface area (TPSA) is 13.1 Å². The zero-order valence-corrected chi connectivity index (χ0v) is 22.8. The van der Waals surface area contributed by atoms with Crippen molar-refractivity contribution in [1.82, 2.24) is 0 Å². The SMILES string of the molecule is [2H]c1c([2H])c([2H])c2c(-c3cccc4oc5c6ccccc6ccc5c34)c3c([2H])c([2H])c([2H])c([2H])c3c(-c3cccc(-c4ccccc4)c3)c2c1[2H]. The van der Waals surface area contributed by atoms with Gasteiger partial charge in [0.15, 0.2) is 0 Å². The predicted octanol–water partition coefficient (Wildman–Crippen LogP) is 12.0. The molecule has 9 rings (SSSR count). The summed E-state index contributed by atoms with van der Waals surface area (Å²) in [7, 11) is 0. The fourth-order valence-corrected chi connectivity index (χ4v) is 6.43. The number of furan rings is 1. The van der Waals surface area contributed by atoms with Gasteiger partial charge < -0.3 is 4.42 Å². The molecular weight excluding hydrogens is 520 g/mol. The maximum atomic E-state index is 9.38. The van der Waals surface area contributed by atoms with Crippen LogP contribution in [0.4, 0.5) is 0 Å². The molecule has 0 fully saturated rings. The summed E-state index contributed by atoms with van der Waals surface area (Å²) in [4.78, 5) is 0. The van der Waals surface area contributed by atoms with Crippen molar-refractivity contribution in [1.29, 1.82) is 0 Å². The third kappa shape index (κ3) is 3.65. The number of hydrogen-bond donors (Lipinski definition) is 0. The Hall–Kier alpha value is -5.66. The minimum absolute atomic E-state index is 0.168. The largest absolute Gasteiger partial charge is 0.455 e. The molecule has 1 nitrogen and oxygen atoms in total. The average Bonchev–Trinajstić information content (AvgIpc) is 3.56. The van der Waals surface area contributed by atoms with E-state index in [0.29, 0.717) is 38.8 Å². The molecule has 0 aliphatic rings. The Bertz CT molecular complexity index is 2870. The van der Waals surface area contributed by atoms with Crippen molar-refractivity contribution >= 4 is 54.3 Å². The van der Waals surface area contributed by atoms with Gasteiger partial charge in [-0.15, -0.1) is 0 Å². The van der Waals surface area contributed by atoms with Gasteiger partial charge in [-0.2, -0.15) is 0 Å². The maximum absolute atomic E-state index is 9.38. The van der Waals surface area contributed by atoms with Crippen molar-refractivity contribution in [2.45, 2.75) is 0 Å². The summed E-state index contributed by atoms with van der Waals surface area (Å²) in [5, 5.41) is 4.04. The molecule has 0 atom stereocenters. The van der Waals surface area contributed by atoms with Gasteiger partial charge in [0.1, 0.15) is 11.2 Å². The summed E-state index contributed by atoms with van der Waals surface area (Å²) in [5.41, 5.74) is 4.69. The summed E-state index contributed by atoms with van der Waals surface area (Å²) in [6, 6.07) is 31.6. The van der Waals surface area contributed by atoms with Crippen LogP contribution in [0.1, 0.15) is 11.0 Å². The van der Waals surface area contributed by atoms with Crippen LogP contribution in [-0.2, 0) is 0 Å². The van der Waals surface area contributed by atoms with Crippen molar-refractivity contribution in [3.8, 4) is 33.4 Å². The lowest BCUT2D eigenvalue weighted by atomic mass is 9.84. The van der Waals surface area contributed by atoms with Crippen LogP contribution in [0.3, 0.4) is 0 Å². The van der Waals surface area contributed by atoms with E-state index in [2.05, 4.69) is 0 Å². The van der Waals surface area contributed by atoms with Crippen LogP contribution < -0.4 is 0 Å². The van der Waals surface area contributed by atoms with Crippen LogP contribution in [0.5, 0.6) is 0 Å². The molecule has 1 heterocycles. The normalized spacial score (nSPS) is 14.3. The molecule has 0 saturated heterocycles. The van der Waals surface area contributed by atoms with Crippen LogP contribution in [0.15, 0.2) is 162 Å². The van der Waals surface area contributed by atoms with Crippen molar-refractivity contribution in [3.05, 3.63) is 158 Å². The van der Waals surface area contributed by atoms with E-state index >= 15 is 0 Å². The molecule has 0 aliphatic heterocycles. The first kappa shape index (κ1) is 17.3. The fraction of sp³-hybridized carbons (Fsp3) is 0. The molecule has 9 aromatic rings. The van der Waals surface area contributed by atoms with E-state index in [1.165, 1.54) is 0 Å². The summed E-state index contributed by atoms with van der Waals surface area (Å²) < 4.78 is 79.2. The standard InChI is InChI=1S/C42H26O/c1-2-12-27(13-3-1)29-15-10-16-30(26-29)39-32-18-6-8-20-34(32)40(35-21-9-7-19-33(35)39)36-22-11-23-38-41(36)37-25-24-28-14-4-5-17-31(28)42(37)43-38/h1-26H/i6D,7D,8D,9D,18D,19D,20D,21D. The minimum atomic E-state index is -0.437. The van der Waals surface area contributed by atoms with Crippen LogP contribution in [-0.4, -0.2) is 0 Å². The molecular formula is C42H26O. The molecule has 0 N–H and O–H groups in total. The number of benzene rings is 8. The lowest BCUT2D eigenvalue weighted by Crippen LogP contribution is -1.91. The molecule has 1 aromatic heterocycles. The van der Waals surface area contributed by atoms with Crippen LogP contribution >= 0.6 is 0 Å². The molecule has 0 unspecified atom stereocenters. The van der Waals surface area contributed by atoms with Crippen molar-refractivity contribution in [2.75, 3.05) is 0 Å². The highest BCUT2D eigenvalue weighted by Gasteiger charge is 2.20. The Balaban J connectivity index is 1.55. The molecule has 1 heteroatoms. The maximum Gasteiger partial charge on any atom is 0.143 e. The molecule has 0 aliphatic carbocycles. The summed E-state index contributed by atoms with van der Waals surface area (Å²) in [6.45, 7) is 0. The Morgan fingerprint density at radius 1 is 0.442 bits per heavy atom. The smallest absolute Gasteiger partial charge is 0.143 e. The van der Waals surface area contributed by atoms with Crippen LogP contribution in [0.2, 0.25) is 0 Å². The molecule has 0 saturated carbocycles. The second-order valence-corrected chi connectivity index (χ2v) is 10.6. The second-order valence-electron chi connectivity index (χ2n) is 10.6. The van der Waals surface area contributed by atoms with Crippen LogP contribution in [0.25, 0.3) is 87.6 Å². The van der Waals surface area contributed by atoms with Gasteiger partial charge in [0.25, 0.3) is 0 Å². The highest BCUT2D eigenvalue weighted by molar-refractivity contribution is 6.27. The lowest BCUT2D eigenvalue weighted by molar-refractivity contribution is 0.673. The molecule has 200 valence electrons. The minimum Gasteiger partial charge on any atom is -0.455 e. The number of rotatable bonds is 3. The Morgan fingerprint density at radius 2 is 1.07 bits per heavy atom. The van der Waals surface area contributed by atoms with E-state index in [9.17, 15) is 5.48 Å². The van der Waals surface area contributed by atoms with E-state index in [-0.39, 0.29) is 45.7 Å². The quantitative estimate of drug-likeness (QED) is 0.198. The first-order chi connectivity index (χ1) is 24.7.